The molecule has 1 saturated heterocycles. The first-order valence-electron chi connectivity index (χ1n) is 6.63. The van der Waals surface area contributed by atoms with Gasteiger partial charge in [0.15, 0.2) is 0 Å². The average molecular weight is 280 g/mol. The van der Waals surface area contributed by atoms with Gasteiger partial charge in [-0.2, -0.15) is 5.10 Å². The summed E-state index contributed by atoms with van der Waals surface area (Å²) in [6.07, 6.45) is 1.33. The second-order valence-electron chi connectivity index (χ2n) is 5.76. The molecule has 0 aliphatic carbocycles. The number of nitrogens with one attached hydrogen (secondary N) is 1. The molecule has 0 radical (unpaired) electrons. The second kappa shape index (κ2) is 5.52. The van der Waals surface area contributed by atoms with Gasteiger partial charge in [0.25, 0.3) is 5.56 Å². The molecule has 0 aromatic carbocycles. The Hall–Kier alpha value is -2.05. The summed E-state index contributed by atoms with van der Waals surface area (Å²) in [6.45, 7) is 8.01. The number of hydrogen-bond donors (Lipinski definition) is 1. The van der Waals surface area contributed by atoms with Crippen LogP contribution in [0.4, 0.5) is 10.5 Å². The molecule has 1 aromatic heterocycles. The molecule has 0 saturated carbocycles. The van der Waals surface area contributed by atoms with Gasteiger partial charge in [-0.25, -0.2) is 9.89 Å². The standard InChI is InChI=1S/C13H20N4O3/c1-13(2,3)20-12(19)17-6-4-16(5-7-17)10-8-11(18)15-14-9-10/h8-9H,4-7H2,1-3H3,(H,15,18). The Morgan fingerprint density at radius 1 is 1.30 bits per heavy atom. The summed E-state index contributed by atoms with van der Waals surface area (Å²) in [7, 11) is 0. The zero-order valence-corrected chi connectivity index (χ0v) is 12.0. The van der Waals surface area contributed by atoms with E-state index in [0.717, 1.165) is 5.69 Å². The van der Waals surface area contributed by atoms with Crippen LogP contribution in [0.1, 0.15) is 20.8 Å². The molecular formula is C13H20N4O3. The van der Waals surface area contributed by atoms with Gasteiger partial charge in [0.1, 0.15) is 5.60 Å². The van der Waals surface area contributed by atoms with Crippen LogP contribution in [0.3, 0.4) is 0 Å². The lowest BCUT2D eigenvalue weighted by atomic mass is 10.2. The summed E-state index contributed by atoms with van der Waals surface area (Å²) >= 11 is 0. The number of piperazine rings is 1. The van der Waals surface area contributed by atoms with Gasteiger partial charge in [0, 0.05) is 32.2 Å². The molecule has 7 nitrogen and oxygen atoms in total. The molecule has 0 bridgehead atoms. The third kappa shape index (κ3) is 3.72. The average Bonchev–Trinajstić information content (AvgIpc) is 2.37. The van der Waals surface area contributed by atoms with Crippen molar-refractivity contribution >= 4 is 11.8 Å². The van der Waals surface area contributed by atoms with Crippen LogP contribution in [-0.2, 0) is 4.74 Å². The van der Waals surface area contributed by atoms with Crippen molar-refractivity contribution in [2.75, 3.05) is 31.1 Å². The van der Waals surface area contributed by atoms with Gasteiger partial charge >= 0.3 is 6.09 Å². The number of aromatic amines is 1. The SMILES string of the molecule is CC(C)(C)OC(=O)N1CCN(c2cn[nH]c(=O)c2)CC1. The molecule has 0 unspecified atom stereocenters. The molecule has 2 rings (SSSR count). The highest BCUT2D eigenvalue weighted by Crippen LogP contribution is 2.15. The van der Waals surface area contributed by atoms with Crippen molar-refractivity contribution in [3.63, 3.8) is 0 Å². The van der Waals surface area contributed by atoms with Gasteiger partial charge in [-0.15, -0.1) is 0 Å². The molecule has 1 aliphatic heterocycles. The minimum Gasteiger partial charge on any atom is -0.444 e. The lowest BCUT2D eigenvalue weighted by Crippen LogP contribution is -2.50. The molecule has 1 fully saturated rings. The Bertz CT molecular complexity index is 527. The highest BCUT2D eigenvalue weighted by atomic mass is 16.6. The summed E-state index contributed by atoms with van der Waals surface area (Å²) in [4.78, 5) is 26.9. The molecule has 1 aromatic rings. The van der Waals surface area contributed by atoms with E-state index in [1.54, 1.807) is 11.1 Å². The predicted octanol–water partition coefficient (Wildman–Crippen LogP) is 0.827. The number of ether oxygens (including phenoxy) is 1. The summed E-state index contributed by atoms with van der Waals surface area (Å²) in [6, 6.07) is 1.51. The highest BCUT2D eigenvalue weighted by Gasteiger charge is 2.26. The molecule has 0 atom stereocenters. The van der Waals surface area contributed by atoms with E-state index in [1.165, 1.54) is 6.07 Å². The number of hydrogen-bond acceptors (Lipinski definition) is 5. The van der Waals surface area contributed by atoms with E-state index >= 15 is 0 Å². The van der Waals surface area contributed by atoms with Crippen LogP contribution in [0.25, 0.3) is 0 Å². The third-order valence-electron chi connectivity index (χ3n) is 2.95. The molecule has 20 heavy (non-hydrogen) atoms. The molecule has 110 valence electrons. The van der Waals surface area contributed by atoms with Crippen LogP contribution in [0.15, 0.2) is 17.1 Å². The minimum absolute atomic E-state index is 0.225. The number of aromatic nitrogens is 2. The zero-order chi connectivity index (χ0) is 14.8. The van der Waals surface area contributed by atoms with E-state index in [9.17, 15) is 9.59 Å². The monoisotopic (exact) mass is 280 g/mol. The van der Waals surface area contributed by atoms with Crippen molar-refractivity contribution in [1.82, 2.24) is 15.1 Å². The second-order valence-corrected chi connectivity index (χ2v) is 5.76. The van der Waals surface area contributed by atoms with E-state index < -0.39 is 5.60 Å². The molecule has 2 heterocycles. The molecule has 0 spiro atoms. The number of carbonyl (C=O) groups is 1. The number of amides is 1. The van der Waals surface area contributed by atoms with Gasteiger partial charge < -0.3 is 14.5 Å². The van der Waals surface area contributed by atoms with Crippen LogP contribution in [-0.4, -0.2) is 53.0 Å². The van der Waals surface area contributed by atoms with Crippen molar-refractivity contribution in [3.05, 3.63) is 22.6 Å². The Balaban J connectivity index is 1.92. The van der Waals surface area contributed by atoms with Crippen LogP contribution >= 0.6 is 0 Å². The zero-order valence-electron chi connectivity index (χ0n) is 12.0. The van der Waals surface area contributed by atoms with Crippen molar-refractivity contribution in [2.45, 2.75) is 26.4 Å². The van der Waals surface area contributed by atoms with Crippen LogP contribution in [0, 0.1) is 0 Å². The number of carbonyl (C=O) groups excluding carboxylic acids is 1. The van der Waals surface area contributed by atoms with E-state index in [-0.39, 0.29) is 11.7 Å². The summed E-state index contributed by atoms with van der Waals surface area (Å²) in [5.41, 5.74) is 0.0693. The Morgan fingerprint density at radius 3 is 2.50 bits per heavy atom. The smallest absolute Gasteiger partial charge is 0.410 e. The number of H-pyrrole nitrogens is 1. The fraction of sp³-hybridized carbons (Fsp3) is 0.615. The van der Waals surface area contributed by atoms with Gasteiger partial charge in [0.05, 0.1) is 11.9 Å². The van der Waals surface area contributed by atoms with E-state index in [1.807, 2.05) is 25.7 Å². The van der Waals surface area contributed by atoms with Crippen molar-refractivity contribution in [2.24, 2.45) is 0 Å². The summed E-state index contributed by atoms with van der Waals surface area (Å²) in [5, 5.41) is 6.12. The first-order valence-corrected chi connectivity index (χ1v) is 6.63. The van der Waals surface area contributed by atoms with E-state index in [2.05, 4.69) is 10.2 Å². The maximum absolute atomic E-state index is 11.9. The first kappa shape index (κ1) is 14.4. The highest BCUT2D eigenvalue weighted by molar-refractivity contribution is 5.68. The third-order valence-corrected chi connectivity index (χ3v) is 2.95. The number of rotatable bonds is 1. The largest absolute Gasteiger partial charge is 0.444 e. The Kier molecular flexibility index (Phi) is 3.96. The molecule has 7 heteroatoms. The van der Waals surface area contributed by atoms with Crippen LogP contribution in [0.2, 0.25) is 0 Å². The topological polar surface area (TPSA) is 78.5 Å². The molecule has 1 aliphatic rings. The number of nitrogens with zero attached hydrogens (tertiary/aromatic N) is 3. The predicted molar refractivity (Wildman–Crippen MR) is 74.9 cm³/mol. The maximum atomic E-state index is 11.9. The van der Waals surface area contributed by atoms with Crippen molar-refractivity contribution < 1.29 is 9.53 Å². The van der Waals surface area contributed by atoms with Gasteiger partial charge in [-0.3, -0.25) is 4.79 Å². The Labute approximate surface area is 117 Å². The summed E-state index contributed by atoms with van der Waals surface area (Å²) < 4.78 is 5.34. The maximum Gasteiger partial charge on any atom is 0.410 e. The first-order chi connectivity index (χ1) is 9.35. The molecule has 1 N–H and O–H groups in total. The van der Waals surface area contributed by atoms with E-state index in [0.29, 0.717) is 26.2 Å². The summed E-state index contributed by atoms with van der Waals surface area (Å²) in [5.74, 6) is 0. The fourth-order valence-electron chi connectivity index (χ4n) is 2.01. The quantitative estimate of drug-likeness (QED) is 0.824. The van der Waals surface area contributed by atoms with Crippen LogP contribution < -0.4 is 10.5 Å². The lowest BCUT2D eigenvalue weighted by Gasteiger charge is -2.36. The Morgan fingerprint density at radius 2 is 1.95 bits per heavy atom. The fourth-order valence-corrected chi connectivity index (χ4v) is 2.01. The number of anilines is 1. The minimum atomic E-state index is -0.481. The van der Waals surface area contributed by atoms with Gasteiger partial charge in [0.2, 0.25) is 0 Å². The van der Waals surface area contributed by atoms with Crippen molar-refractivity contribution in [3.8, 4) is 0 Å². The van der Waals surface area contributed by atoms with Crippen molar-refractivity contribution in [1.29, 1.82) is 0 Å². The lowest BCUT2D eigenvalue weighted by molar-refractivity contribution is 0.0240. The van der Waals surface area contributed by atoms with Crippen LogP contribution in [0.5, 0.6) is 0 Å². The van der Waals surface area contributed by atoms with E-state index in [4.69, 9.17) is 4.74 Å². The molecule has 1 amide bonds. The normalized spacial score (nSPS) is 16.1. The van der Waals surface area contributed by atoms with Gasteiger partial charge in [-0.05, 0) is 20.8 Å². The molecular weight excluding hydrogens is 260 g/mol. The van der Waals surface area contributed by atoms with Gasteiger partial charge in [-0.1, -0.05) is 0 Å².